The van der Waals surface area contributed by atoms with Crippen LogP contribution in [-0.2, 0) is 15.6 Å². The van der Waals surface area contributed by atoms with Crippen LogP contribution in [0.3, 0.4) is 0 Å². The smallest absolute Gasteiger partial charge is 0.151 e. The second kappa shape index (κ2) is 5.06. The minimum absolute atomic E-state index is 0.0386. The molecule has 0 aliphatic heterocycles. The molecule has 0 bridgehead atoms. The van der Waals surface area contributed by atoms with Crippen LogP contribution >= 0.6 is 11.6 Å². The van der Waals surface area contributed by atoms with Crippen molar-refractivity contribution < 1.29 is 8.42 Å². The summed E-state index contributed by atoms with van der Waals surface area (Å²) in [7, 11) is -3.01. The van der Waals surface area contributed by atoms with E-state index in [9.17, 15) is 8.42 Å². The van der Waals surface area contributed by atoms with Crippen molar-refractivity contribution in [2.45, 2.75) is 25.6 Å². The molecule has 1 aromatic carbocycles. The second-order valence-electron chi connectivity index (χ2n) is 4.18. The Morgan fingerprint density at radius 3 is 2.50 bits per heavy atom. The molecule has 0 aliphatic rings. The predicted molar refractivity (Wildman–Crippen MR) is 68.8 cm³/mol. The molecular formula is C11H16ClNO2S. The molecule has 90 valence electrons. The Hall–Kier alpha value is -0.740. The zero-order valence-electron chi connectivity index (χ0n) is 9.62. The van der Waals surface area contributed by atoms with E-state index in [1.54, 1.807) is 18.2 Å². The summed E-state index contributed by atoms with van der Waals surface area (Å²) in [5.41, 5.74) is 1.52. The first-order valence-corrected chi connectivity index (χ1v) is 7.44. The number of benzene rings is 1. The maximum absolute atomic E-state index is 11.2. The van der Waals surface area contributed by atoms with Crippen LogP contribution in [0.1, 0.15) is 19.4 Å². The molecule has 0 saturated carbocycles. The summed E-state index contributed by atoms with van der Waals surface area (Å²) in [4.78, 5) is 0. The number of nitrogens with one attached hydrogen (secondary N) is 1. The molecule has 0 aromatic heterocycles. The van der Waals surface area contributed by atoms with Crippen molar-refractivity contribution in [2.75, 3.05) is 11.6 Å². The fourth-order valence-corrected chi connectivity index (χ4v) is 2.34. The molecule has 3 nitrogen and oxygen atoms in total. The molecule has 1 N–H and O–H groups in total. The van der Waals surface area contributed by atoms with E-state index in [2.05, 4.69) is 5.32 Å². The van der Waals surface area contributed by atoms with Crippen LogP contribution in [0.4, 0.5) is 5.69 Å². The van der Waals surface area contributed by atoms with Crippen molar-refractivity contribution in [2.24, 2.45) is 0 Å². The molecular weight excluding hydrogens is 246 g/mol. The van der Waals surface area contributed by atoms with Gasteiger partial charge in [0.15, 0.2) is 9.84 Å². The maximum Gasteiger partial charge on any atom is 0.151 e. The highest BCUT2D eigenvalue weighted by Crippen LogP contribution is 2.24. The molecule has 0 saturated heterocycles. The van der Waals surface area contributed by atoms with Crippen LogP contribution in [0.25, 0.3) is 0 Å². The Balaban J connectivity index is 2.98. The molecule has 0 amide bonds. The van der Waals surface area contributed by atoms with E-state index >= 15 is 0 Å². The highest BCUT2D eigenvalue weighted by molar-refractivity contribution is 7.89. The van der Waals surface area contributed by atoms with E-state index in [0.717, 1.165) is 11.3 Å². The normalized spacial score (nSPS) is 11.8. The Bertz CT molecular complexity index is 469. The third kappa shape index (κ3) is 4.41. The average Bonchev–Trinajstić information content (AvgIpc) is 2.07. The topological polar surface area (TPSA) is 46.2 Å². The van der Waals surface area contributed by atoms with Gasteiger partial charge in [-0.1, -0.05) is 17.7 Å². The van der Waals surface area contributed by atoms with Crippen LogP contribution in [0.5, 0.6) is 0 Å². The molecule has 16 heavy (non-hydrogen) atoms. The fraction of sp³-hybridized carbons (Fsp3) is 0.455. The largest absolute Gasteiger partial charge is 0.382 e. The van der Waals surface area contributed by atoms with Gasteiger partial charge in [0.25, 0.3) is 0 Å². The van der Waals surface area contributed by atoms with Gasteiger partial charge in [-0.25, -0.2) is 8.42 Å². The lowest BCUT2D eigenvalue weighted by molar-refractivity contribution is 0.601. The number of sulfone groups is 1. The zero-order chi connectivity index (χ0) is 12.3. The average molecular weight is 262 g/mol. The lowest BCUT2D eigenvalue weighted by atomic mass is 10.2. The van der Waals surface area contributed by atoms with Gasteiger partial charge in [0.05, 0.1) is 16.5 Å². The Morgan fingerprint density at radius 2 is 2.00 bits per heavy atom. The first kappa shape index (κ1) is 13.3. The zero-order valence-corrected chi connectivity index (χ0v) is 11.2. The summed E-state index contributed by atoms with van der Waals surface area (Å²) < 4.78 is 22.3. The lowest BCUT2D eigenvalue weighted by Gasteiger charge is -2.13. The summed E-state index contributed by atoms with van der Waals surface area (Å²) in [5.74, 6) is 0.0386. The summed E-state index contributed by atoms with van der Waals surface area (Å²) in [6.07, 6.45) is 1.22. The summed E-state index contributed by atoms with van der Waals surface area (Å²) in [5, 5.41) is 3.78. The molecule has 0 fully saturated rings. The van der Waals surface area contributed by atoms with Crippen molar-refractivity contribution >= 4 is 27.1 Å². The molecule has 0 aliphatic carbocycles. The predicted octanol–water partition coefficient (Wildman–Crippen LogP) is 2.70. The van der Waals surface area contributed by atoms with E-state index in [4.69, 9.17) is 11.6 Å². The van der Waals surface area contributed by atoms with Gasteiger partial charge >= 0.3 is 0 Å². The fourth-order valence-electron chi connectivity index (χ4n) is 1.39. The first-order valence-electron chi connectivity index (χ1n) is 5.00. The molecule has 0 heterocycles. The van der Waals surface area contributed by atoms with Crippen molar-refractivity contribution in [1.82, 2.24) is 0 Å². The van der Waals surface area contributed by atoms with Crippen molar-refractivity contribution in [1.29, 1.82) is 0 Å². The lowest BCUT2D eigenvalue weighted by Crippen LogP contribution is -2.10. The van der Waals surface area contributed by atoms with Gasteiger partial charge in [-0.05, 0) is 31.5 Å². The first-order chi connectivity index (χ1) is 7.28. The SMILES string of the molecule is CC(C)Nc1cc(CS(C)(=O)=O)ccc1Cl. The van der Waals surface area contributed by atoms with E-state index < -0.39 is 9.84 Å². The third-order valence-electron chi connectivity index (χ3n) is 1.90. The molecule has 0 radical (unpaired) electrons. The Morgan fingerprint density at radius 1 is 1.38 bits per heavy atom. The quantitative estimate of drug-likeness (QED) is 0.907. The minimum atomic E-state index is -3.01. The van der Waals surface area contributed by atoms with E-state index in [0.29, 0.717) is 5.02 Å². The Labute approximate surface area is 102 Å². The van der Waals surface area contributed by atoms with E-state index in [1.165, 1.54) is 6.26 Å². The number of hydrogen-bond donors (Lipinski definition) is 1. The van der Waals surface area contributed by atoms with Gasteiger partial charge in [-0.3, -0.25) is 0 Å². The molecule has 0 unspecified atom stereocenters. The number of anilines is 1. The molecule has 1 rings (SSSR count). The highest BCUT2D eigenvalue weighted by atomic mass is 35.5. The third-order valence-corrected chi connectivity index (χ3v) is 3.09. The van der Waals surface area contributed by atoms with Gasteiger partial charge in [-0.2, -0.15) is 0 Å². The Kier molecular flexibility index (Phi) is 4.21. The monoisotopic (exact) mass is 261 g/mol. The number of rotatable bonds is 4. The van der Waals surface area contributed by atoms with Crippen molar-refractivity contribution in [3.05, 3.63) is 28.8 Å². The van der Waals surface area contributed by atoms with Crippen LogP contribution in [0, 0.1) is 0 Å². The highest BCUT2D eigenvalue weighted by Gasteiger charge is 2.08. The van der Waals surface area contributed by atoms with Gasteiger partial charge in [-0.15, -0.1) is 0 Å². The van der Waals surface area contributed by atoms with Gasteiger partial charge in [0.2, 0.25) is 0 Å². The van der Waals surface area contributed by atoms with E-state index in [-0.39, 0.29) is 11.8 Å². The molecule has 0 atom stereocenters. The van der Waals surface area contributed by atoms with E-state index in [1.807, 2.05) is 13.8 Å². The van der Waals surface area contributed by atoms with Crippen molar-refractivity contribution in [3.63, 3.8) is 0 Å². The minimum Gasteiger partial charge on any atom is -0.382 e. The molecule has 0 spiro atoms. The second-order valence-corrected chi connectivity index (χ2v) is 6.73. The molecule has 5 heteroatoms. The maximum atomic E-state index is 11.2. The van der Waals surface area contributed by atoms with Crippen LogP contribution in [0.15, 0.2) is 18.2 Å². The summed E-state index contributed by atoms with van der Waals surface area (Å²) in [6, 6.07) is 5.48. The summed E-state index contributed by atoms with van der Waals surface area (Å²) in [6.45, 7) is 4.00. The number of halogens is 1. The van der Waals surface area contributed by atoms with Crippen LogP contribution in [0.2, 0.25) is 5.02 Å². The van der Waals surface area contributed by atoms with Crippen molar-refractivity contribution in [3.8, 4) is 0 Å². The van der Waals surface area contributed by atoms with Gasteiger partial charge in [0.1, 0.15) is 0 Å². The standard InChI is InChI=1S/C11H16ClNO2S/c1-8(2)13-11-6-9(4-5-10(11)12)7-16(3,14)15/h4-6,8,13H,7H2,1-3H3. The molecule has 1 aromatic rings. The van der Waals surface area contributed by atoms with Crippen LogP contribution in [-0.4, -0.2) is 20.7 Å². The number of hydrogen-bond acceptors (Lipinski definition) is 3. The summed E-state index contributed by atoms with van der Waals surface area (Å²) >= 11 is 6.00. The van der Waals surface area contributed by atoms with Gasteiger partial charge in [0, 0.05) is 12.3 Å². The van der Waals surface area contributed by atoms with Crippen LogP contribution < -0.4 is 5.32 Å². The van der Waals surface area contributed by atoms with Gasteiger partial charge < -0.3 is 5.32 Å².